The molecule has 0 aliphatic carbocycles. The van der Waals surface area contributed by atoms with Crippen molar-refractivity contribution in [2.45, 2.75) is 71.6 Å². The second-order valence-electron chi connectivity index (χ2n) is 8.92. The highest BCUT2D eigenvalue weighted by atomic mass is 28.3. The van der Waals surface area contributed by atoms with E-state index in [0.717, 1.165) is 0 Å². The fraction of sp³-hybridized carbons (Fsp3) is 0.650. The molecule has 0 spiro atoms. The van der Waals surface area contributed by atoms with Gasteiger partial charge < -0.3 is 29.2 Å². The number of aliphatic hydroxyl groups is 1. The third-order valence-electron chi connectivity index (χ3n) is 4.12. The molecule has 29 heavy (non-hydrogen) atoms. The molecular formula is C20H36O7Si2. The van der Waals surface area contributed by atoms with Gasteiger partial charge in [0.05, 0.1) is 6.61 Å². The summed E-state index contributed by atoms with van der Waals surface area (Å²) in [6, 6.07) is 3.20. The summed E-state index contributed by atoms with van der Waals surface area (Å²) >= 11 is 0. The van der Waals surface area contributed by atoms with E-state index in [1.165, 1.54) is 0 Å². The first-order chi connectivity index (χ1) is 13.4. The first-order valence-electron chi connectivity index (χ1n) is 9.93. The van der Waals surface area contributed by atoms with Gasteiger partial charge in [-0.2, -0.15) is 0 Å². The Kier molecular flexibility index (Phi) is 9.35. The van der Waals surface area contributed by atoms with Gasteiger partial charge in [0.1, 0.15) is 33.2 Å². The molecule has 0 amide bonds. The number of aromatic carboxylic acids is 1. The number of carbonyl (C=O) groups is 1. The fourth-order valence-electron chi connectivity index (χ4n) is 2.66. The van der Waals surface area contributed by atoms with Crippen LogP contribution < -0.4 is 9.47 Å². The van der Waals surface area contributed by atoms with E-state index in [1.807, 2.05) is 13.8 Å². The Bertz CT molecular complexity index is 681. The van der Waals surface area contributed by atoms with E-state index in [0.29, 0.717) is 19.0 Å². The highest BCUT2D eigenvalue weighted by Crippen LogP contribution is 2.34. The highest BCUT2D eigenvalue weighted by Gasteiger charge is 2.34. The zero-order valence-electron chi connectivity index (χ0n) is 18.9. The number of hydrogen-bond donors (Lipinski definition) is 2. The Morgan fingerprint density at radius 1 is 0.897 bits per heavy atom. The Morgan fingerprint density at radius 3 is 1.66 bits per heavy atom. The van der Waals surface area contributed by atoms with Crippen LogP contribution in [0.15, 0.2) is 12.1 Å². The summed E-state index contributed by atoms with van der Waals surface area (Å²) in [4.78, 5) is 12.1. The first kappa shape index (κ1) is 25.6. The number of ether oxygens (including phenoxy) is 4. The third-order valence-corrected chi connectivity index (χ3v) is 7.52. The highest BCUT2D eigenvalue weighted by molar-refractivity contribution is 6.77. The number of rotatable bonds is 12. The average molecular weight is 445 g/mol. The normalized spacial score (nSPS) is 14.4. The van der Waals surface area contributed by atoms with Gasteiger partial charge >= 0.3 is 5.97 Å². The predicted molar refractivity (Wildman–Crippen MR) is 118 cm³/mol. The van der Waals surface area contributed by atoms with Gasteiger partial charge in [0.25, 0.3) is 0 Å². The molecule has 0 radical (unpaired) electrons. The Balaban J connectivity index is 3.41. The van der Waals surface area contributed by atoms with Gasteiger partial charge in [-0.05, 0) is 26.0 Å². The predicted octanol–water partition coefficient (Wildman–Crippen LogP) is 4.11. The van der Waals surface area contributed by atoms with Crippen LogP contribution >= 0.6 is 0 Å². The quantitative estimate of drug-likeness (QED) is 0.370. The molecule has 1 aromatic carbocycles. The molecule has 0 saturated carbocycles. The van der Waals surface area contributed by atoms with Crippen molar-refractivity contribution in [1.29, 1.82) is 0 Å². The summed E-state index contributed by atoms with van der Waals surface area (Å²) in [5.41, 5.74) is 0.0579. The van der Waals surface area contributed by atoms with E-state index in [1.54, 1.807) is 12.1 Å². The van der Waals surface area contributed by atoms with E-state index < -0.39 is 40.6 Å². The summed E-state index contributed by atoms with van der Waals surface area (Å²) in [7, 11) is -3.76. The largest absolute Gasteiger partial charge is 0.478 e. The maximum absolute atomic E-state index is 12.1. The molecule has 9 heteroatoms. The minimum Gasteiger partial charge on any atom is -0.478 e. The van der Waals surface area contributed by atoms with Crippen LogP contribution in [0.5, 0.6) is 11.5 Å². The van der Waals surface area contributed by atoms with Gasteiger partial charge in [-0.3, -0.25) is 0 Å². The minimum absolute atomic E-state index is 0.112. The molecular weight excluding hydrogens is 408 g/mol. The number of hydrogen-bond acceptors (Lipinski definition) is 6. The standard InChI is InChI=1S/C20H36O7Si2/c1-9-24-19(28(3,4)5)26-15-11-12-16(17(18(22)23)14(15)13-21)27-20(25-10-2)29(6,7)8/h11-12,19-21H,9-10,13H2,1-8H3,(H,22,23). The van der Waals surface area contributed by atoms with Crippen molar-refractivity contribution in [2.75, 3.05) is 13.2 Å². The van der Waals surface area contributed by atoms with Crippen molar-refractivity contribution in [3.05, 3.63) is 23.3 Å². The molecule has 0 saturated heterocycles. The zero-order chi connectivity index (χ0) is 22.4. The molecule has 2 unspecified atom stereocenters. The van der Waals surface area contributed by atoms with E-state index in [2.05, 4.69) is 39.3 Å². The molecule has 0 aliphatic rings. The second kappa shape index (κ2) is 10.6. The molecule has 0 aliphatic heterocycles. The van der Waals surface area contributed by atoms with Crippen molar-refractivity contribution in [3.63, 3.8) is 0 Å². The van der Waals surface area contributed by atoms with Gasteiger partial charge in [0.2, 0.25) is 0 Å². The zero-order valence-corrected chi connectivity index (χ0v) is 20.9. The third kappa shape index (κ3) is 7.11. The van der Waals surface area contributed by atoms with Gasteiger partial charge in [-0.1, -0.05) is 39.3 Å². The van der Waals surface area contributed by atoms with Gasteiger partial charge in [-0.25, -0.2) is 4.79 Å². The lowest BCUT2D eigenvalue weighted by Crippen LogP contribution is -2.45. The van der Waals surface area contributed by atoms with Crippen molar-refractivity contribution < 1.29 is 34.0 Å². The van der Waals surface area contributed by atoms with E-state index in [-0.39, 0.29) is 16.9 Å². The lowest BCUT2D eigenvalue weighted by Gasteiger charge is -2.31. The maximum atomic E-state index is 12.1. The number of aliphatic hydroxyl groups excluding tert-OH is 1. The van der Waals surface area contributed by atoms with Crippen LogP contribution in [0.1, 0.15) is 29.8 Å². The number of benzene rings is 1. The molecule has 0 aromatic heterocycles. The Labute approximate surface area is 176 Å². The van der Waals surface area contributed by atoms with Crippen molar-refractivity contribution in [1.82, 2.24) is 0 Å². The van der Waals surface area contributed by atoms with Crippen LogP contribution in [0.2, 0.25) is 39.3 Å². The monoisotopic (exact) mass is 444 g/mol. The summed E-state index contributed by atoms with van der Waals surface area (Å²) in [6.45, 7) is 16.7. The summed E-state index contributed by atoms with van der Waals surface area (Å²) in [5, 5.41) is 19.8. The van der Waals surface area contributed by atoms with Crippen LogP contribution in [0.4, 0.5) is 0 Å². The Hall–Kier alpha value is -1.40. The molecule has 0 bridgehead atoms. The number of carboxylic acids is 1. The van der Waals surface area contributed by atoms with Crippen LogP contribution in [-0.4, -0.2) is 57.4 Å². The van der Waals surface area contributed by atoms with Crippen LogP contribution in [0.25, 0.3) is 0 Å². The van der Waals surface area contributed by atoms with Gasteiger partial charge in [0, 0.05) is 18.8 Å². The van der Waals surface area contributed by atoms with Gasteiger partial charge in [-0.15, -0.1) is 0 Å². The Morgan fingerprint density at radius 2 is 1.31 bits per heavy atom. The summed E-state index contributed by atoms with van der Waals surface area (Å²) in [5.74, 6) is -1.72. The average Bonchev–Trinajstić information content (AvgIpc) is 2.59. The summed E-state index contributed by atoms with van der Waals surface area (Å²) in [6.07, 6.45) is 0. The smallest absolute Gasteiger partial charge is 0.339 e. The molecule has 2 N–H and O–H groups in total. The SMILES string of the molecule is CCOC(Oc1ccc(OC(OCC)[Si](C)(C)C)c(C(=O)O)c1CO)[Si](C)(C)C. The van der Waals surface area contributed by atoms with Crippen LogP contribution in [-0.2, 0) is 16.1 Å². The van der Waals surface area contributed by atoms with E-state index >= 15 is 0 Å². The first-order valence-corrected chi connectivity index (χ1v) is 17.1. The molecule has 0 fully saturated rings. The maximum Gasteiger partial charge on any atom is 0.339 e. The van der Waals surface area contributed by atoms with Crippen LogP contribution in [0, 0.1) is 0 Å². The topological polar surface area (TPSA) is 94.5 Å². The molecule has 2 atom stereocenters. The lowest BCUT2D eigenvalue weighted by molar-refractivity contribution is -0.0270. The van der Waals surface area contributed by atoms with Crippen molar-refractivity contribution in [2.24, 2.45) is 0 Å². The molecule has 7 nitrogen and oxygen atoms in total. The molecule has 166 valence electrons. The van der Waals surface area contributed by atoms with Crippen molar-refractivity contribution in [3.8, 4) is 11.5 Å². The minimum atomic E-state index is -1.90. The molecule has 0 heterocycles. The summed E-state index contributed by atoms with van der Waals surface area (Å²) < 4.78 is 23.5. The van der Waals surface area contributed by atoms with E-state index in [4.69, 9.17) is 18.9 Å². The fourth-order valence-corrected chi connectivity index (χ4v) is 4.96. The molecule has 1 aromatic rings. The number of carboxylic acid groups (broad SMARTS) is 1. The van der Waals surface area contributed by atoms with Crippen LogP contribution in [0.3, 0.4) is 0 Å². The van der Waals surface area contributed by atoms with Crippen molar-refractivity contribution >= 4 is 22.1 Å². The lowest BCUT2D eigenvalue weighted by atomic mass is 10.1. The second-order valence-corrected chi connectivity index (χ2v) is 19.3. The van der Waals surface area contributed by atoms with Gasteiger partial charge in [0.15, 0.2) is 11.8 Å². The van der Waals surface area contributed by atoms with E-state index in [9.17, 15) is 15.0 Å². The molecule has 1 rings (SSSR count).